The maximum absolute atomic E-state index is 12.5. The van der Waals surface area contributed by atoms with Crippen molar-refractivity contribution in [2.24, 2.45) is 21.1 Å². The van der Waals surface area contributed by atoms with Gasteiger partial charge in [0.2, 0.25) is 11.7 Å². The number of carboxylic acids is 1. The molecule has 3 rings (SSSR count). The van der Waals surface area contributed by atoms with Crippen molar-refractivity contribution in [3.8, 4) is 0 Å². The van der Waals surface area contributed by atoms with Crippen LogP contribution < -0.4 is 16.0 Å². The summed E-state index contributed by atoms with van der Waals surface area (Å²) < 4.78 is 4.36. The zero-order chi connectivity index (χ0) is 23.4. The molecular formula is C19H22N8O5. The van der Waals surface area contributed by atoms with Crippen LogP contribution in [0.3, 0.4) is 0 Å². The second-order valence-electron chi connectivity index (χ2n) is 6.96. The number of carboxylic acid groups (broad SMARTS) is 1. The van der Waals surface area contributed by atoms with E-state index in [0.29, 0.717) is 5.69 Å². The standard InChI is InChI=1S/C19H22N8O5/c1-25-7-6-20-15(25)18(30)21-5-4-14(28)22-11-8-12(26(2)9-11)17(29)24-13-10-27(3)16(23-13)19(31)32/h6-10H,4-5H2,1-3H3,(H,21,30)(H,22,28)(H,24,29)(H,31,32). The van der Waals surface area contributed by atoms with Crippen molar-refractivity contribution >= 4 is 35.2 Å². The van der Waals surface area contributed by atoms with Gasteiger partial charge >= 0.3 is 5.97 Å². The Morgan fingerprint density at radius 1 is 0.969 bits per heavy atom. The summed E-state index contributed by atoms with van der Waals surface area (Å²) in [5.74, 6) is -2.35. The van der Waals surface area contributed by atoms with Gasteiger partial charge in [-0.05, 0) is 6.07 Å². The first-order valence-corrected chi connectivity index (χ1v) is 9.45. The van der Waals surface area contributed by atoms with Gasteiger partial charge in [-0.2, -0.15) is 0 Å². The van der Waals surface area contributed by atoms with Crippen molar-refractivity contribution in [3.63, 3.8) is 0 Å². The molecule has 0 spiro atoms. The highest BCUT2D eigenvalue weighted by molar-refractivity contribution is 6.04. The first-order chi connectivity index (χ1) is 15.2. The molecule has 0 unspecified atom stereocenters. The molecule has 0 radical (unpaired) electrons. The Bertz CT molecular complexity index is 1190. The lowest BCUT2D eigenvalue weighted by molar-refractivity contribution is -0.116. The number of aromatic nitrogens is 5. The normalized spacial score (nSPS) is 10.6. The molecule has 32 heavy (non-hydrogen) atoms. The number of aryl methyl sites for hydroxylation is 3. The van der Waals surface area contributed by atoms with Crippen molar-refractivity contribution in [2.45, 2.75) is 6.42 Å². The van der Waals surface area contributed by atoms with Crippen LogP contribution in [0.15, 0.2) is 30.9 Å². The summed E-state index contributed by atoms with van der Waals surface area (Å²) in [4.78, 5) is 55.5. The maximum Gasteiger partial charge on any atom is 0.372 e. The monoisotopic (exact) mass is 442 g/mol. The fourth-order valence-electron chi connectivity index (χ4n) is 2.94. The molecule has 0 bridgehead atoms. The van der Waals surface area contributed by atoms with Gasteiger partial charge in [0.15, 0.2) is 11.6 Å². The average molecular weight is 442 g/mol. The van der Waals surface area contributed by atoms with E-state index in [1.807, 2.05) is 0 Å². The largest absolute Gasteiger partial charge is 0.475 e. The van der Waals surface area contributed by atoms with Crippen LogP contribution >= 0.6 is 0 Å². The number of rotatable bonds is 8. The molecular weight excluding hydrogens is 420 g/mol. The smallest absolute Gasteiger partial charge is 0.372 e. The van der Waals surface area contributed by atoms with Gasteiger partial charge in [0.25, 0.3) is 11.8 Å². The minimum Gasteiger partial charge on any atom is -0.475 e. The quantitative estimate of drug-likeness (QED) is 0.387. The fourth-order valence-corrected chi connectivity index (χ4v) is 2.94. The van der Waals surface area contributed by atoms with E-state index in [9.17, 15) is 19.2 Å². The van der Waals surface area contributed by atoms with Crippen LogP contribution in [0.4, 0.5) is 11.5 Å². The molecule has 0 fully saturated rings. The highest BCUT2D eigenvalue weighted by Crippen LogP contribution is 2.15. The van der Waals surface area contributed by atoms with Gasteiger partial charge in [0, 0.05) is 58.9 Å². The zero-order valence-corrected chi connectivity index (χ0v) is 17.6. The van der Waals surface area contributed by atoms with Crippen LogP contribution in [0.1, 0.15) is 38.1 Å². The lowest BCUT2D eigenvalue weighted by Crippen LogP contribution is -2.29. The van der Waals surface area contributed by atoms with Crippen LogP contribution in [0.25, 0.3) is 0 Å². The van der Waals surface area contributed by atoms with Gasteiger partial charge in [0.05, 0.1) is 5.69 Å². The average Bonchev–Trinajstić information content (AvgIpc) is 3.40. The van der Waals surface area contributed by atoms with E-state index >= 15 is 0 Å². The first-order valence-electron chi connectivity index (χ1n) is 9.45. The molecule has 0 saturated carbocycles. The fraction of sp³-hybridized carbons (Fsp3) is 0.263. The molecule has 13 nitrogen and oxygen atoms in total. The number of amides is 3. The summed E-state index contributed by atoms with van der Waals surface area (Å²) in [6.45, 7) is 0.114. The van der Waals surface area contributed by atoms with Gasteiger partial charge in [-0.15, -0.1) is 0 Å². The second-order valence-corrected chi connectivity index (χ2v) is 6.96. The lowest BCUT2D eigenvalue weighted by Gasteiger charge is -2.05. The lowest BCUT2D eigenvalue weighted by atomic mass is 10.3. The van der Waals surface area contributed by atoms with E-state index in [4.69, 9.17) is 5.11 Å². The SMILES string of the molecule is Cn1cc(NC(=O)CCNC(=O)c2nccn2C)cc1C(=O)Nc1cn(C)c(C(=O)O)n1. The third-order valence-electron chi connectivity index (χ3n) is 4.49. The predicted molar refractivity (Wildman–Crippen MR) is 112 cm³/mol. The zero-order valence-electron chi connectivity index (χ0n) is 17.6. The van der Waals surface area contributed by atoms with Gasteiger partial charge in [-0.3, -0.25) is 14.4 Å². The Morgan fingerprint density at radius 3 is 2.34 bits per heavy atom. The number of carbonyl (C=O) groups excluding carboxylic acids is 3. The van der Waals surface area contributed by atoms with E-state index in [2.05, 4.69) is 25.9 Å². The molecule has 3 aromatic heterocycles. The van der Waals surface area contributed by atoms with Crippen molar-refractivity contribution in [1.82, 2.24) is 29.0 Å². The molecule has 0 aliphatic carbocycles. The third kappa shape index (κ3) is 5.00. The Balaban J connectivity index is 1.54. The third-order valence-corrected chi connectivity index (χ3v) is 4.49. The summed E-state index contributed by atoms with van der Waals surface area (Å²) in [5.41, 5.74) is 0.622. The number of nitrogens with zero attached hydrogens (tertiary/aromatic N) is 5. The number of aromatic carboxylic acids is 1. The molecule has 0 aliphatic heterocycles. The number of hydrogen-bond donors (Lipinski definition) is 4. The first kappa shape index (κ1) is 22.3. The van der Waals surface area contributed by atoms with Crippen molar-refractivity contribution in [1.29, 1.82) is 0 Å². The number of carbonyl (C=O) groups is 4. The molecule has 3 amide bonds. The molecule has 4 N–H and O–H groups in total. The van der Waals surface area contributed by atoms with E-state index < -0.39 is 11.9 Å². The summed E-state index contributed by atoms with van der Waals surface area (Å²) in [6, 6.07) is 1.47. The number of imidazole rings is 2. The van der Waals surface area contributed by atoms with Gasteiger partial charge in [0.1, 0.15) is 5.69 Å². The molecule has 0 aromatic carbocycles. The molecule has 0 aliphatic rings. The van der Waals surface area contributed by atoms with Crippen LogP contribution in [0.5, 0.6) is 0 Å². The highest BCUT2D eigenvalue weighted by Gasteiger charge is 2.18. The molecule has 3 heterocycles. The van der Waals surface area contributed by atoms with E-state index in [0.717, 1.165) is 0 Å². The van der Waals surface area contributed by atoms with E-state index in [1.165, 1.54) is 34.6 Å². The Kier molecular flexibility index (Phi) is 6.37. The topological polar surface area (TPSA) is 165 Å². The maximum atomic E-state index is 12.5. The summed E-state index contributed by atoms with van der Waals surface area (Å²) in [5, 5.41) is 16.8. The molecule has 13 heteroatoms. The Hall–Kier alpha value is -4.42. The predicted octanol–water partition coefficient (Wildman–Crippen LogP) is 0.201. The second kappa shape index (κ2) is 9.16. The van der Waals surface area contributed by atoms with Gasteiger partial charge in [-0.25, -0.2) is 14.8 Å². The summed E-state index contributed by atoms with van der Waals surface area (Å²) >= 11 is 0. The van der Waals surface area contributed by atoms with E-state index in [-0.39, 0.29) is 47.9 Å². The van der Waals surface area contributed by atoms with Crippen LogP contribution in [-0.2, 0) is 25.9 Å². The Labute approximate surface area is 182 Å². The van der Waals surface area contributed by atoms with E-state index in [1.54, 1.807) is 31.1 Å². The number of anilines is 2. The molecule has 168 valence electrons. The summed E-state index contributed by atoms with van der Waals surface area (Å²) in [6.07, 6.45) is 6.11. The van der Waals surface area contributed by atoms with Gasteiger partial charge < -0.3 is 34.8 Å². The van der Waals surface area contributed by atoms with Crippen molar-refractivity contribution < 1.29 is 24.3 Å². The van der Waals surface area contributed by atoms with Crippen molar-refractivity contribution in [3.05, 3.63) is 48.2 Å². The Morgan fingerprint density at radius 2 is 1.72 bits per heavy atom. The molecule has 3 aromatic rings. The minimum absolute atomic E-state index is 0.0263. The minimum atomic E-state index is -1.21. The van der Waals surface area contributed by atoms with Crippen LogP contribution in [-0.4, -0.2) is 59.0 Å². The number of hydrogen-bond acceptors (Lipinski definition) is 6. The number of nitrogens with one attached hydrogen (secondary N) is 3. The van der Waals surface area contributed by atoms with Crippen molar-refractivity contribution in [2.75, 3.05) is 17.2 Å². The molecule has 0 saturated heterocycles. The van der Waals surface area contributed by atoms with Crippen LogP contribution in [0, 0.1) is 0 Å². The molecule has 0 atom stereocenters. The highest BCUT2D eigenvalue weighted by atomic mass is 16.4. The van der Waals surface area contributed by atoms with Crippen LogP contribution in [0.2, 0.25) is 0 Å². The van der Waals surface area contributed by atoms with Gasteiger partial charge in [-0.1, -0.05) is 0 Å². The summed E-state index contributed by atoms with van der Waals surface area (Å²) in [7, 11) is 4.82.